The van der Waals surface area contributed by atoms with Crippen molar-refractivity contribution in [3.05, 3.63) is 127 Å². The monoisotopic (exact) mass is 482 g/mol. The molecular weight excluding hydrogens is 456 g/mol. The summed E-state index contributed by atoms with van der Waals surface area (Å²) in [7, 11) is 0. The van der Waals surface area contributed by atoms with Gasteiger partial charge in [-0.3, -0.25) is 4.98 Å². The van der Waals surface area contributed by atoms with E-state index >= 15 is 0 Å². The van der Waals surface area contributed by atoms with Crippen molar-refractivity contribution < 1.29 is 9.52 Å². The molecule has 0 saturated carbocycles. The molecule has 37 heavy (non-hydrogen) atoms. The van der Waals surface area contributed by atoms with Crippen LogP contribution in [0.2, 0.25) is 0 Å². The lowest BCUT2D eigenvalue weighted by molar-refractivity contribution is 0.474. The Morgan fingerprint density at radius 1 is 0.703 bits per heavy atom. The molecule has 0 saturated heterocycles. The van der Waals surface area contributed by atoms with Crippen LogP contribution in [0.4, 0.5) is 0 Å². The number of fused-ring (bicyclic) bond motifs is 1. The van der Waals surface area contributed by atoms with Gasteiger partial charge in [-0.2, -0.15) is 0 Å². The van der Waals surface area contributed by atoms with Crippen LogP contribution in [-0.4, -0.2) is 15.1 Å². The summed E-state index contributed by atoms with van der Waals surface area (Å²) in [5.74, 6) is 0.535. The van der Waals surface area contributed by atoms with E-state index in [4.69, 9.17) is 14.4 Å². The summed E-state index contributed by atoms with van der Waals surface area (Å²) >= 11 is 0. The van der Waals surface area contributed by atoms with Gasteiger partial charge in [0.1, 0.15) is 11.3 Å². The third-order valence-corrected chi connectivity index (χ3v) is 6.99. The first-order valence-corrected chi connectivity index (χ1v) is 12.3. The van der Waals surface area contributed by atoms with Crippen molar-refractivity contribution >= 4 is 11.1 Å². The summed E-state index contributed by atoms with van der Waals surface area (Å²) in [5.41, 5.74) is 8.18. The minimum atomic E-state index is -0.232. The summed E-state index contributed by atoms with van der Waals surface area (Å²) in [5, 5.41) is 10.3. The predicted octanol–water partition coefficient (Wildman–Crippen LogP) is 8.26. The molecular formula is C33H26N2O2. The van der Waals surface area contributed by atoms with E-state index in [0.29, 0.717) is 17.0 Å². The first-order chi connectivity index (χ1) is 18.0. The molecule has 6 rings (SSSR count). The van der Waals surface area contributed by atoms with Crippen molar-refractivity contribution in [3.8, 4) is 39.6 Å². The Kier molecular flexibility index (Phi) is 5.57. The third-order valence-electron chi connectivity index (χ3n) is 6.99. The molecule has 2 heterocycles. The first-order valence-electron chi connectivity index (χ1n) is 12.3. The first kappa shape index (κ1) is 22.7. The number of phenolic OH excluding ortho intramolecular Hbond substituents is 1. The normalized spacial score (nSPS) is 11.6. The number of oxazole rings is 1. The fourth-order valence-electron chi connectivity index (χ4n) is 4.95. The number of hydrogen-bond acceptors (Lipinski definition) is 4. The average Bonchev–Trinajstić information content (AvgIpc) is 3.38. The van der Waals surface area contributed by atoms with Crippen molar-refractivity contribution in [2.45, 2.75) is 19.3 Å². The van der Waals surface area contributed by atoms with E-state index in [-0.39, 0.29) is 11.2 Å². The standard InChI is InChI=1S/C33H26N2O2/c1-33(2,23-11-4-3-5-12-23)27-19-18-22(21-26(27)28-15-8-9-20-34-28)24-14-10-17-30-31(24)35-32(37-30)25-13-6-7-16-29(25)36/h3-21,36H,1-2H3. The van der Waals surface area contributed by atoms with Gasteiger partial charge in [0.05, 0.1) is 11.3 Å². The number of nitrogens with zero attached hydrogens (tertiary/aromatic N) is 2. The van der Waals surface area contributed by atoms with Crippen LogP contribution in [0.25, 0.3) is 44.9 Å². The SMILES string of the molecule is CC(C)(c1ccccc1)c1ccc(-c2cccc3oc(-c4ccccc4O)nc23)cc1-c1ccccn1. The van der Waals surface area contributed by atoms with Crippen LogP contribution in [0.15, 0.2) is 120 Å². The van der Waals surface area contributed by atoms with Crippen LogP contribution in [0.1, 0.15) is 25.0 Å². The van der Waals surface area contributed by atoms with E-state index in [0.717, 1.165) is 27.9 Å². The molecule has 0 unspecified atom stereocenters. The Morgan fingerprint density at radius 3 is 2.24 bits per heavy atom. The number of hydrogen-bond donors (Lipinski definition) is 1. The maximum atomic E-state index is 10.3. The van der Waals surface area contributed by atoms with Crippen LogP contribution in [0.3, 0.4) is 0 Å². The lowest BCUT2D eigenvalue weighted by Crippen LogP contribution is -2.20. The summed E-state index contributed by atoms with van der Waals surface area (Å²) in [6.45, 7) is 4.50. The minimum Gasteiger partial charge on any atom is -0.507 e. The van der Waals surface area contributed by atoms with Crippen LogP contribution in [0.5, 0.6) is 5.75 Å². The molecule has 0 aliphatic rings. The van der Waals surface area contributed by atoms with Gasteiger partial charge in [-0.05, 0) is 53.1 Å². The quantitative estimate of drug-likeness (QED) is 0.269. The summed E-state index contributed by atoms with van der Waals surface area (Å²) in [6.07, 6.45) is 1.83. The highest BCUT2D eigenvalue weighted by Crippen LogP contribution is 2.41. The van der Waals surface area contributed by atoms with Gasteiger partial charge in [0, 0.05) is 22.7 Å². The van der Waals surface area contributed by atoms with Gasteiger partial charge in [-0.15, -0.1) is 0 Å². The molecule has 0 bridgehead atoms. The van der Waals surface area contributed by atoms with Crippen molar-refractivity contribution in [1.29, 1.82) is 0 Å². The molecule has 4 nitrogen and oxygen atoms in total. The van der Waals surface area contributed by atoms with Gasteiger partial charge in [0.2, 0.25) is 5.89 Å². The van der Waals surface area contributed by atoms with Crippen molar-refractivity contribution in [2.24, 2.45) is 0 Å². The van der Waals surface area contributed by atoms with Crippen LogP contribution in [-0.2, 0) is 5.41 Å². The molecule has 180 valence electrons. The number of rotatable bonds is 5. The highest BCUT2D eigenvalue weighted by atomic mass is 16.3. The zero-order valence-electron chi connectivity index (χ0n) is 20.7. The Balaban J connectivity index is 1.54. The van der Waals surface area contributed by atoms with Crippen LogP contribution in [0, 0.1) is 0 Å². The second-order valence-corrected chi connectivity index (χ2v) is 9.65. The van der Waals surface area contributed by atoms with E-state index in [1.54, 1.807) is 18.2 Å². The van der Waals surface area contributed by atoms with Gasteiger partial charge < -0.3 is 9.52 Å². The smallest absolute Gasteiger partial charge is 0.231 e. The van der Waals surface area contributed by atoms with Gasteiger partial charge in [-0.25, -0.2) is 4.98 Å². The largest absolute Gasteiger partial charge is 0.507 e. The zero-order valence-corrected chi connectivity index (χ0v) is 20.7. The highest BCUT2D eigenvalue weighted by Gasteiger charge is 2.27. The number of phenols is 1. The van der Waals surface area contributed by atoms with Gasteiger partial charge in [0.15, 0.2) is 5.58 Å². The zero-order chi connectivity index (χ0) is 25.4. The minimum absolute atomic E-state index is 0.139. The second kappa shape index (κ2) is 9.07. The van der Waals surface area contributed by atoms with Crippen molar-refractivity contribution in [1.82, 2.24) is 9.97 Å². The molecule has 0 spiro atoms. The van der Waals surface area contributed by atoms with E-state index in [2.05, 4.69) is 68.4 Å². The predicted molar refractivity (Wildman–Crippen MR) is 148 cm³/mol. The Bertz CT molecular complexity index is 1700. The summed E-state index contributed by atoms with van der Waals surface area (Å²) in [4.78, 5) is 9.50. The number of benzene rings is 4. The van der Waals surface area contributed by atoms with Crippen molar-refractivity contribution in [3.63, 3.8) is 0 Å². The summed E-state index contributed by atoms with van der Waals surface area (Å²) < 4.78 is 6.06. The Morgan fingerprint density at radius 2 is 1.46 bits per heavy atom. The maximum Gasteiger partial charge on any atom is 0.231 e. The molecule has 6 aromatic rings. The molecule has 0 atom stereocenters. The third kappa shape index (κ3) is 4.07. The van der Waals surface area contributed by atoms with Gasteiger partial charge >= 0.3 is 0 Å². The number of aromatic nitrogens is 2. The van der Waals surface area contributed by atoms with Crippen LogP contribution < -0.4 is 0 Å². The molecule has 0 aliphatic carbocycles. The molecule has 4 heteroatoms. The fraction of sp³-hybridized carbons (Fsp3) is 0.0909. The molecule has 0 radical (unpaired) electrons. The molecule has 4 aromatic carbocycles. The number of aromatic hydroxyl groups is 1. The van der Waals surface area contributed by atoms with E-state index in [9.17, 15) is 5.11 Å². The highest BCUT2D eigenvalue weighted by molar-refractivity contribution is 5.93. The summed E-state index contributed by atoms with van der Waals surface area (Å²) in [6, 6.07) is 36.1. The number of pyridine rings is 1. The topological polar surface area (TPSA) is 59.2 Å². The van der Waals surface area contributed by atoms with Gasteiger partial charge in [-0.1, -0.05) is 86.6 Å². The van der Waals surface area contributed by atoms with Crippen LogP contribution >= 0.6 is 0 Å². The average molecular weight is 483 g/mol. The van der Waals surface area contributed by atoms with Crippen molar-refractivity contribution in [2.75, 3.05) is 0 Å². The van der Waals surface area contributed by atoms with E-state index < -0.39 is 0 Å². The second-order valence-electron chi connectivity index (χ2n) is 9.65. The lowest BCUT2D eigenvalue weighted by atomic mass is 9.75. The molecule has 1 N–H and O–H groups in total. The van der Waals surface area contributed by atoms with E-state index in [1.165, 1.54) is 11.1 Å². The number of para-hydroxylation sites is 2. The molecule has 0 fully saturated rings. The van der Waals surface area contributed by atoms with E-state index in [1.807, 2.05) is 42.6 Å². The molecule has 0 amide bonds. The Labute approximate surface area is 215 Å². The maximum absolute atomic E-state index is 10.3. The molecule has 0 aliphatic heterocycles. The molecule has 2 aromatic heterocycles. The van der Waals surface area contributed by atoms with Gasteiger partial charge in [0.25, 0.3) is 0 Å². The fourth-order valence-corrected chi connectivity index (χ4v) is 4.95. The lowest BCUT2D eigenvalue weighted by Gasteiger charge is -2.29. The Hall–Kier alpha value is -4.70.